The van der Waals surface area contributed by atoms with Gasteiger partial charge in [0.2, 0.25) is 0 Å². The van der Waals surface area contributed by atoms with Gasteiger partial charge in [0.15, 0.2) is 0 Å². The molecule has 0 aromatic rings. The van der Waals surface area contributed by atoms with Gasteiger partial charge in [-0.05, 0) is 129 Å². The first kappa shape index (κ1) is 22.5. The van der Waals surface area contributed by atoms with E-state index in [-0.39, 0.29) is 6.10 Å². The predicted octanol–water partition coefficient (Wildman–Crippen LogP) is 6.75. The fourth-order valence-corrected chi connectivity index (χ4v) is 10.7. The molecule has 2 nitrogen and oxygen atoms in total. The summed E-state index contributed by atoms with van der Waals surface area (Å²) >= 11 is 0. The van der Waals surface area contributed by atoms with Crippen LogP contribution in [0.15, 0.2) is 12.2 Å². The summed E-state index contributed by atoms with van der Waals surface area (Å²) in [5.74, 6) is 3.69. The van der Waals surface area contributed by atoms with Gasteiger partial charge in [-0.1, -0.05) is 39.8 Å². The van der Waals surface area contributed by atoms with E-state index in [4.69, 9.17) is 0 Å². The van der Waals surface area contributed by atoms with Crippen LogP contribution in [-0.4, -0.2) is 21.9 Å². The summed E-state index contributed by atoms with van der Waals surface area (Å²) in [6.07, 6.45) is 17.5. The highest BCUT2D eigenvalue weighted by Crippen LogP contribution is 2.88. The number of hydrogen-bond donors (Lipinski definition) is 2. The van der Waals surface area contributed by atoms with Gasteiger partial charge in [0.1, 0.15) is 0 Å². The molecule has 2 N–H and O–H groups in total. The SMILES string of the molecule is CC(CC=CC(C)(C)O)C1CC[C@@]2(C)C3CCC4C(C)C(O)CC[C@@]45C[C@@]35CC[C@]12C. The maximum absolute atomic E-state index is 10.6. The fourth-order valence-electron chi connectivity index (χ4n) is 10.7. The molecule has 5 aliphatic rings. The largest absolute Gasteiger partial charge is 0.393 e. The van der Waals surface area contributed by atoms with E-state index < -0.39 is 5.60 Å². The Labute approximate surface area is 191 Å². The van der Waals surface area contributed by atoms with Crippen molar-refractivity contribution in [3.63, 3.8) is 0 Å². The van der Waals surface area contributed by atoms with Crippen molar-refractivity contribution in [1.82, 2.24) is 0 Å². The van der Waals surface area contributed by atoms with Crippen molar-refractivity contribution < 1.29 is 10.2 Å². The molecule has 2 spiro atoms. The highest BCUT2D eigenvalue weighted by atomic mass is 16.3. The number of aliphatic hydroxyl groups excluding tert-OH is 1. The lowest BCUT2D eigenvalue weighted by Gasteiger charge is -2.62. The molecule has 5 fully saturated rings. The zero-order valence-electron chi connectivity index (χ0n) is 21.1. The minimum Gasteiger partial charge on any atom is -0.393 e. The second kappa shape index (κ2) is 6.84. The van der Waals surface area contributed by atoms with Crippen molar-refractivity contribution in [1.29, 1.82) is 0 Å². The Balaban J connectivity index is 1.38. The Bertz CT molecular complexity index is 750. The molecule has 2 heteroatoms. The van der Waals surface area contributed by atoms with Crippen molar-refractivity contribution in [2.45, 2.75) is 117 Å². The van der Waals surface area contributed by atoms with Gasteiger partial charge >= 0.3 is 0 Å². The van der Waals surface area contributed by atoms with Crippen molar-refractivity contribution in [2.24, 2.45) is 51.2 Å². The van der Waals surface area contributed by atoms with Crippen LogP contribution >= 0.6 is 0 Å². The molecule has 6 unspecified atom stereocenters. The maximum Gasteiger partial charge on any atom is 0.0771 e. The van der Waals surface area contributed by atoms with Crippen LogP contribution in [0, 0.1) is 51.2 Å². The van der Waals surface area contributed by atoms with Crippen molar-refractivity contribution in [3.05, 3.63) is 12.2 Å². The normalized spacial score (nSPS) is 54.6. The average molecular weight is 429 g/mol. The van der Waals surface area contributed by atoms with Crippen LogP contribution in [0.1, 0.15) is 106 Å². The summed E-state index contributed by atoms with van der Waals surface area (Å²) in [6, 6.07) is 0. The summed E-state index contributed by atoms with van der Waals surface area (Å²) in [7, 11) is 0. The Hall–Kier alpha value is -0.340. The fraction of sp³-hybridized carbons (Fsp3) is 0.931. The summed E-state index contributed by atoms with van der Waals surface area (Å²) in [6.45, 7) is 13.9. The third kappa shape index (κ3) is 2.89. The number of allylic oxidation sites excluding steroid dienone is 1. The smallest absolute Gasteiger partial charge is 0.0771 e. The van der Waals surface area contributed by atoms with Gasteiger partial charge in [-0.25, -0.2) is 0 Å². The van der Waals surface area contributed by atoms with Gasteiger partial charge in [-0.2, -0.15) is 0 Å². The molecule has 0 saturated heterocycles. The first-order chi connectivity index (χ1) is 14.4. The predicted molar refractivity (Wildman–Crippen MR) is 127 cm³/mol. The maximum atomic E-state index is 10.6. The molecular formula is C29H48O2. The molecule has 0 aromatic carbocycles. The minimum absolute atomic E-state index is 0.0528. The lowest BCUT2D eigenvalue weighted by molar-refractivity contribution is -0.142. The van der Waals surface area contributed by atoms with E-state index in [0.717, 1.165) is 30.6 Å². The zero-order valence-corrected chi connectivity index (χ0v) is 21.1. The molecule has 5 rings (SSSR count). The summed E-state index contributed by atoms with van der Waals surface area (Å²) in [5, 5.41) is 20.6. The first-order valence-electron chi connectivity index (χ1n) is 13.5. The Morgan fingerprint density at radius 2 is 1.71 bits per heavy atom. The topological polar surface area (TPSA) is 40.5 Å². The molecule has 5 saturated carbocycles. The minimum atomic E-state index is -0.700. The van der Waals surface area contributed by atoms with Crippen LogP contribution in [0.25, 0.3) is 0 Å². The van der Waals surface area contributed by atoms with Crippen LogP contribution in [0.5, 0.6) is 0 Å². The van der Waals surface area contributed by atoms with Gasteiger partial charge < -0.3 is 10.2 Å². The van der Waals surface area contributed by atoms with E-state index in [9.17, 15) is 10.2 Å². The quantitative estimate of drug-likeness (QED) is 0.486. The van der Waals surface area contributed by atoms with E-state index in [1.54, 1.807) is 0 Å². The molecule has 0 aromatic heterocycles. The van der Waals surface area contributed by atoms with E-state index in [1.807, 2.05) is 19.9 Å². The number of rotatable bonds is 4. The number of hydrogen-bond acceptors (Lipinski definition) is 2. The highest BCUT2D eigenvalue weighted by molar-refractivity contribution is 5.29. The van der Waals surface area contributed by atoms with Crippen molar-refractivity contribution in [2.75, 3.05) is 0 Å². The van der Waals surface area contributed by atoms with Gasteiger partial charge in [-0.15, -0.1) is 0 Å². The monoisotopic (exact) mass is 428 g/mol. The van der Waals surface area contributed by atoms with E-state index >= 15 is 0 Å². The summed E-state index contributed by atoms with van der Waals surface area (Å²) in [5.41, 5.74) is 1.43. The molecule has 176 valence electrons. The van der Waals surface area contributed by atoms with Crippen molar-refractivity contribution in [3.8, 4) is 0 Å². The Morgan fingerprint density at radius 1 is 0.968 bits per heavy atom. The molecule has 10 atom stereocenters. The second-order valence-electron chi connectivity index (χ2n) is 13.9. The zero-order chi connectivity index (χ0) is 22.4. The molecule has 0 bridgehead atoms. The molecule has 31 heavy (non-hydrogen) atoms. The van der Waals surface area contributed by atoms with Crippen LogP contribution in [0.3, 0.4) is 0 Å². The Kier molecular flexibility index (Phi) is 4.96. The molecule has 0 radical (unpaired) electrons. The standard InChI is InChI=1S/C29H48O2/c1-19(8-7-13-25(3,4)31)21-11-14-27(6)24-10-9-22-20(2)23(30)12-15-28(22)18-29(24,28)17-16-26(21,27)5/h7,13,19-24,30-31H,8-12,14-18H2,1-6H3/t19?,20?,21?,22?,23?,24?,26-,27+,28-,29+/m1/s1. The van der Waals surface area contributed by atoms with Crippen LogP contribution in [0.2, 0.25) is 0 Å². The molecule has 0 heterocycles. The van der Waals surface area contributed by atoms with Gasteiger partial charge in [0.05, 0.1) is 11.7 Å². The van der Waals surface area contributed by atoms with Crippen molar-refractivity contribution >= 4 is 0 Å². The van der Waals surface area contributed by atoms with Crippen LogP contribution in [0.4, 0.5) is 0 Å². The van der Waals surface area contributed by atoms with E-state index in [0.29, 0.717) is 33.5 Å². The van der Waals surface area contributed by atoms with Crippen LogP contribution in [-0.2, 0) is 0 Å². The van der Waals surface area contributed by atoms with Gasteiger partial charge in [-0.3, -0.25) is 0 Å². The van der Waals surface area contributed by atoms with Gasteiger partial charge in [0.25, 0.3) is 0 Å². The molecule has 0 amide bonds. The van der Waals surface area contributed by atoms with Crippen LogP contribution < -0.4 is 0 Å². The summed E-state index contributed by atoms with van der Waals surface area (Å²) < 4.78 is 0. The molecular weight excluding hydrogens is 380 g/mol. The highest BCUT2D eigenvalue weighted by Gasteiger charge is 2.81. The third-order valence-corrected chi connectivity index (χ3v) is 12.4. The summed E-state index contributed by atoms with van der Waals surface area (Å²) in [4.78, 5) is 0. The van der Waals surface area contributed by atoms with E-state index in [2.05, 4.69) is 33.8 Å². The second-order valence-corrected chi connectivity index (χ2v) is 13.9. The Morgan fingerprint density at radius 3 is 2.42 bits per heavy atom. The van der Waals surface area contributed by atoms with E-state index in [1.165, 1.54) is 51.4 Å². The lowest BCUT2D eigenvalue weighted by Crippen LogP contribution is -2.55. The number of aliphatic hydroxyl groups is 2. The average Bonchev–Trinajstić information content (AvgIpc) is 3.27. The third-order valence-electron chi connectivity index (χ3n) is 12.4. The molecule has 5 aliphatic carbocycles. The lowest BCUT2D eigenvalue weighted by atomic mass is 9.43. The number of fused-ring (bicyclic) bond motifs is 2. The van der Waals surface area contributed by atoms with Gasteiger partial charge in [0, 0.05) is 0 Å². The molecule has 0 aliphatic heterocycles. The first-order valence-corrected chi connectivity index (χ1v) is 13.5.